The minimum atomic E-state index is -0.287. The lowest BCUT2D eigenvalue weighted by Gasteiger charge is -2.16. The molecule has 1 aromatic carbocycles. The molecule has 0 unspecified atom stereocenters. The molecule has 2 amide bonds. The van der Waals surface area contributed by atoms with Gasteiger partial charge >= 0.3 is 0 Å². The Hall–Kier alpha value is -2.04. The number of benzene rings is 1. The van der Waals surface area contributed by atoms with E-state index in [2.05, 4.69) is 10.6 Å². The van der Waals surface area contributed by atoms with Crippen LogP contribution in [0.15, 0.2) is 24.3 Å². The number of rotatable bonds is 6. The molecule has 0 atom stereocenters. The minimum Gasteiger partial charge on any atom is -0.493 e. The molecule has 1 aliphatic rings. The summed E-state index contributed by atoms with van der Waals surface area (Å²) in [6.07, 6.45) is 6.90. The van der Waals surface area contributed by atoms with E-state index in [4.69, 9.17) is 4.74 Å². The molecule has 0 saturated heterocycles. The molecule has 5 heteroatoms. The molecule has 1 fully saturated rings. The van der Waals surface area contributed by atoms with Crippen LogP contribution in [0.25, 0.3) is 0 Å². The molecule has 5 nitrogen and oxygen atoms in total. The fourth-order valence-electron chi connectivity index (χ4n) is 2.89. The molecule has 2 N–H and O–H groups in total. The van der Waals surface area contributed by atoms with Crippen molar-refractivity contribution in [1.82, 2.24) is 10.6 Å². The van der Waals surface area contributed by atoms with Crippen LogP contribution in [0.3, 0.4) is 0 Å². The van der Waals surface area contributed by atoms with E-state index < -0.39 is 0 Å². The van der Waals surface area contributed by atoms with Crippen molar-refractivity contribution in [2.75, 3.05) is 13.2 Å². The number of amides is 2. The lowest BCUT2D eigenvalue weighted by molar-refractivity contribution is -0.120. The standard InChI is InChI=1S/C18H26N2O3/c1-2-23-16-12-8-7-11-15(16)18(22)19-13-17(21)20-14-9-5-3-4-6-10-14/h7-8,11-12,14H,2-6,9-10,13H2,1H3,(H,19,22)(H,20,21). The van der Waals surface area contributed by atoms with Crippen molar-refractivity contribution in [3.05, 3.63) is 29.8 Å². The monoisotopic (exact) mass is 318 g/mol. The molecular weight excluding hydrogens is 292 g/mol. The molecule has 1 aromatic rings. The summed E-state index contributed by atoms with van der Waals surface area (Å²) in [4.78, 5) is 24.2. The van der Waals surface area contributed by atoms with Crippen molar-refractivity contribution < 1.29 is 14.3 Å². The van der Waals surface area contributed by atoms with Gasteiger partial charge in [-0.3, -0.25) is 9.59 Å². The van der Waals surface area contributed by atoms with Gasteiger partial charge in [-0.2, -0.15) is 0 Å². The van der Waals surface area contributed by atoms with Crippen LogP contribution in [0.2, 0.25) is 0 Å². The van der Waals surface area contributed by atoms with Crippen LogP contribution in [0.4, 0.5) is 0 Å². The Balaban J connectivity index is 1.82. The zero-order valence-corrected chi connectivity index (χ0v) is 13.8. The molecule has 0 heterocycles. The third-order valence-electron chi connectivity index (χ3n) is 4.06. The summed E-state index contributed by atoms with van der Waals surface area (Å²) in [6, 6.07) is 7.30. The van der Waals surface area contributed by atoms with Gasteiger partial charge in [0.05, 0.1) is 18.7 Å². The summed E-state index contributed by atoms with van der Waals surface area (Å²) < 4.78 is 5.44. The number of carbonyl (C=O) groups is 2. The van der Waals surface area contributed by atoms with Crippen molar-refractivity contribution >= 4 is 11.8 Å². The highest BCUT2D eigenvalue weighted by molar-refractivity contribution is 5.98. The maximum Gasteiger partial charge on any atom is 0.255 e. The lowest BCUT2D eigenvalue weighted by Crippen LogP contribution is -2.41. The van der Waals surface area contributed by atoms with Gasteiger partial charge in [-0.25, -0.2) is 0 Å². The number of ether oxygens (including phenoxy) is 1. The maximum absolute atomic E-state index is 12.2. The summed E-state index contributed by atoms with van der Waals surface area (Å²) in [5, 5.41) is 5.69. The van der Waals surface area contributed by atoms with Gasteiger partial charge in [0.25, 0.3) is 5.91 Å². The van der Waals surface area contributed by atoms with Crippen LogP contribution in [-0.2, 0) is 4.79 Å². The smallest absolute Gasteiger partial charge is 0.255 e. The molecule has 1 aliphatic carbocycles. The van der Waals surface area contributed by atoms with Gasteiger partial charge in [0, 0.05) is 6.04 Å². The zero-order chi connectivity index (χ0) is 16.5. The van der Waals surface area contributed by atoms with Crippen molar-refractivity contribution in [3.8, 4) is 5.75 Å². The minimum absolute atomic E-state index is 0.00417. The molecule has 1 saturated carbocycles. The second-order valence-corrected chi connectivity index (χ2v) is 5.87. The summed E-state index contributed by atoms with van der Waals surface area (Å²) in [7, 11) is 0. The van der Waals surface area contributed by atoms with E-state index in [1.807, 2.05) is 13.0 Å². The van der Waals surface area contributed by atoms with Gasteiger partial charge in [-0.1, -0.05) is 37.8 Å². The highest BCUT2D eigenvalue weighted by atomic mass is 16.5. The van der Waals surface area contributed by atoms with Crippen LogP contribution in [0.5, 0.6) is 5.75 Å². The van der Waals surface area contributed by atoms with E-state index in [1.54, 1.807) is 18.2 Å². The summed E-state index contributed by atoms with van der Waals surface area (Å²) in [6.45, 7) is 2.36. The number of para-hydroxylation sites is 1. The molecule has 0 bridgehead atoms. The Morgan fingerprint density at radius 2 is 1.83 bits per heavy atom. The first-order chi connectivity index (χ1) is 11.2. The van der Waals surface area contributed by atoms with Gasteiger partial charge in [-0.05, 0) is 31.9 Å². The van der Waals surface area contributed by atoms with Crippen molar-refractivity contribution in [2.24, 2.45) is 0 Å². The van der Waals surface area contributed by atoms with E-state index in [0.717, 1.165) is 12.8 Å². The van der Waals surface area contributed by atoms with Crippen molar-refractivity contribution in [2.45, 2.75) is 51.5 Å². The molecule has 0 spiro atoms. The first-order valence-electron chi connectivity index (χ1n) is 8.50. The average molecular weight is 318 g/mol. The van der Waals surface area contributed by atoms with Gasteiger partial charge in [0.2, 0.25) is 5.91 Å². The van der Waals surface area contributed by atoms with Crippen molar-refractivity contribution in [3.63, 3.8) is 0 Å². The van der Waals surface area contributed by atoms with Crippen LogP contribution < -0.4 is 15.4 Å². The summed E-state index contributed by atoms with van der Waals surface area (Å²) >= 11 is 0. The Labute approximate surface area is 137 Å². The molecule has 126 valence electrons. The molecular formula is C18H26N2O3. The normalized spacial score (nSPS) is 15.5. The predicted molar refractivity (Wildman–Crippen MR) is 89.6 cm³/mol. The second-order valence-electron chi connectivity index (χ2n) is 5.87. The van der Waals surface area contributed by atoms with E-state index >= 15 is 0 Å². The van der Waals surface area contributed by atoms with Gasteiger partial charge < -0.3 is 15.4 Å². The first kappa shape index (κ1) is 17.3. The first-order valence-corrected chi connectivity index (χ1v) is 8.50. The van der Waals surface area contributed by atoms with Gasteiger partial charge in [0.15, 0.2) is 0 Å². The molecule has 23 heavy (non-hydrogen) atoms. The van der Waals surface area contributed by atoms with Crippen LogP contribution in [0, 0.1) is 0 Å². The van der Waals surface area contributed by atoms with E-state index in [1.165, 1.54) is 25.7 Å². The van der Waals surface area contributed by atoms with Crippen LogP contribution >= 0.6 is 0 Å². The SMILES string of the molecule is CCOc1ccccc1C(=O)NCC(=O)NC1CCCCCC1. The Bertz CT molecular complexity index is 523. The number of carbonyl (C=O) groups excluding carboxylic acids is 2. The van der Waals surface area contributed by atoms with E-state index in [-0.39, 0.29) is 24.4 Å². The molecule has 0 radical (unpaired) electrons. The van der Waals surface area contributed by atoms with Crippen LogP contribution in [-0.4, -0.2) is 31.0 Å². The second kappa shape index (κ2) is 9.18. The molecule has 0 aromatic heterocycles. The number of nitrogens with one attached hydrogen (secondary N) is 2. The Morgan fingerprint density at radius 1 is 1.13 bits per heavy atom. The molecule has 2 rings (SSSR count). The maximum atomic E-state index is 12.2. The average Bonchev–Trinajstić information content (AvgIpc) is 2.82. The summed E-state index contributed by atoms with van der Waals surface area (Å²) in [5.74, 6) is 0.126. The Morgan fingerprint density at radius 3 is 2.52 bits per heavy atom. The number of hydrogen-bond donors (Lipinski definition) is 2. The lowest BCUT2D eigenvalue weighted by atomic mass is 10.1. The van der Waals surface area contributed by atoms with Crippen molar-refractivity contribution in [1.29, 1.82) is 0 Å². The topological polar surface area (TPSA) is 67.4 Å². The highest BCUT2D eigenvalue weighted by Gasteiger charge is 2.16. The zero-order valence-electron chi connectivity index (χ0n) is 13.8. The predicted octanol–water partition coefficient (Wildman–Crippen LogP) is 2.65. The number of hydrogen-bond acceptors (Lipinski definition) is 3. The Kier molecular flexibility index (Phi) is 6.91. The van der Waals surface area contributed by atoms with E-state index in [9.17, 15) is 9.59 Å². The fourth-order valence-corrected chi connectivity index (χ4v) is 2.89. The largest absolute Gasteiger partial charge is 0.493 e. The summed E-state index contributed by atoms with van der Waals surface area (Å²) in [5.41, 5.74) is 0.455. The van der Waals surface area contributed by atoms with E-state index in [0.29, 0.717) is 17.9 Å². The van der Waals surface area contributed by atoms with Crippen LogP contribution in [0.1, 0.15) is 55.8 Å². The third-order valence-corrected chi connectivity index (χ3v) is 4.06. The third kappa shape index (κ3) is 5.58. The quantitative estimate of drug-likeness (QED) is 0.792. The van der Waals surface area contributed by atoms with Gasteiger partial charge in [-0.15, -0.1) is 0 Å². The fraction of sp³-hybridized carbons (Fsp3) is 0.556. The highest BCUT2D eigenvalue weighted by Crippen LogP contribution is 2.18. The van der Waals surface area contributed by atoms with Gasteiger partial charge in [0.1, 0.15) is 5.75 Å². The molecule has 0 aliphatic heterocycles.